The van der Waals surface area contributed by atoms with E-state index in [0.29, 0.717) is 22.6 Å². The second kappa shape index (κ2) is 10.9. The van der Waals surface area contributed by atoms with Crippen molar-refractivity contribution in [2.75, 3.05) is 13.1 Å². The minimum absolute atomic E-state index is 0.0255. The van der Waals surface area contributed by atoms with Gasteiger partial charge in [0.1, 0.15) is 0 Å². The molecule has 3 rings (SSSR count). The van der Waals surface area contributed by atoms with Crippen LogP contribution in [0.25, 0.3) is 0 Å². The van der Waals surface area contributed by atoms with Crippen LogP contribution in [0.5, 0.6) is 0 Å². The van der Waals surface area contributed by atoms with Gasteiger partial charge in [-0.05, 0) is 66.1 Å². The van der Waals surface area contributed by atoms with Crippen molar-refractivity contribution in [2.45, 2.75) is 22.3 Å². The zero-order valence-corrected chi connectivity index (χ0v) is 18.2. The summed E-state index contributed by atoms with van der Waals surface area (Å²) < 4.78 is 0. The maximum Gasteiger partial charge on any atom is 0.407 e. The standard InChI is InChI=1S/C24H21ClN2O3S/c25-20-3-1-2-19(14-20)23(28)16-27(24(29)30)13-12-17-4-8-21(9-5-17)31-22-10-6-18(15-26)7-11-22/h1-11,14,23,28H,12-13,16H2,(H,29,30)/t23-/m0/s1. The molecule has 0 radical (unpaired) electrons. The number of nitriles is 1. The number of amides is 1. The number of aliphatic hydroxyl groups is 1. The molecule has 0 heterocycles. The Morgan fingerprint density at radius 3 is 2.29 bits per heavy atom. The van der Waals surface area contributed by atoms with E-state index in [0.717, 1.165) is 15.4 Å². The number of rotatable bonds is 8. The highest BCUT2D eigenvalue weighted by atomic mass is 35.5. The predicted molar refractivity (Wildman–Crippen MR) is 121 cm³/mol. The zero-order valence-electron chi connectivity index (χ0n) is 16.6. The van der Waals surface area contributed by atoms with Crippen LogP contribution in [0.3, 0.4) is 0 Å². The Hall–Kier alpha value is -2.98. The summed E-state index contributed by atoms with van der Waals surface area (Å²) in [4.78, 5) is 14.9. The highest BCUT2D eigenvalue weighted by Crippen LogP contribution is 2.28. The van der Waals surface area contributed by atoms with Crippen molar-refractivity contribution in [1.82, 2.24) is 4.90 Å². The van der Waals surface area contributed by atoms with E-state index in [-0.39, 0.29) is 13.1 Å². The summed E-state index contributed by atoms with van der Waals surface area (Å²) in [5, 5.41) is 29.3. The lowest BCUT2D eigenvalue weighted by Gasteiger charge is -2.23. The van der Waals surface area contributed by atoms with Crippen LogP contribution in [0.2, 0.25) is 5.02 Å². The molecular weight excluding hydrogens is 432 g/mol. The first-order valence-electron chi connectivity index (χ1n) is 9.63. The fraction of sp³-hybridized carbons (Fsp3) is 0.167. The molecule has 2 N–H and O–H groups in total. The quantitative estimate of drug-likeness (QED) is 0.463. The molecule has 7 heteroatoms. The van der Waals surface area contributed by atoms with Crippen LogP contribution in [0.15, 0.2) is 82.6 Å². The molecule has 0 saturated carbocycles. The molecule has 0 spiro atoms. The third-order valence-corrected chi connectivity index (χ3v) is 5.96. The zero-order chi connectivity index (χ0) is 22.2. The molecule has 3 aromatic rings. The van der Waals surface area contributed by atoms with Gasteiger partial charge in [-0.3, -0.25) is 0 Å². The number of aliphatic hydroxyl groups excluding tert-OH is 1. The normalized spacial score (nSPS) is 11.5. The fourth-order valence-electron chi connectivity index (χ4n) is 3.01. The summed E-state index contributed by atoms with van der Waals surface area (Å²) in [5.41, 5.74) is 2.22. The predicted octanol–water partition coefficient (Wildman–Crippen LogP) is 5.62. The van der Waals surface area contributed by atoms with E-state index in [9.17, 15) is 15.0 Å². The minimum Gasteiger partial charge on any atom is -0.465 e. The van der Waals surface area contributed by atoms with Gasteiger partial charge in [-0.2, -0.15) is 5.26 Å². The van der Waals surface area contributed by atoms with Gasteiger partial charge in [-0.1, -0.05) is 47.6 Å². The summed E-state index contributed by atoms with van der Waals surface area (Å²) in [6, 6.07) is 24.2. The number of hydrogen-bond acceptors (Lipinski definition) is 4. The second-order valence-corrected chi connectivity index (χ2v) is 8.51. The summed E-state index contributed by atoms with van der Waals surface area (Å²) in [6.45, 7) is 0.247. The highest BCUT2D eigenvalue weighted by Gasteiger charge is 2.18. The lowest BCUT2D eigenvalue weighted by molar-refractivity contribution is 0.0973. The molecule has 0 saturated heterocycles. The molecule has 0 aliphatic rings. The summed E-state index contributed by atoms with van der Waals surface area (Å²) >= 11 is 7.55. The molecule has 5 nitrogen and oxygen atoms in total. The lowest BCUT2D eigenvalue weighted by Crippen LogP contribution is -2.35. The Balaban J connectivity index is 1.56. The average molecular weight is 453 g/mol. The van der Waals surface area contributed by atoms with E-state index in [4.69, 9.17) is 16.9 Å². The van der Waals surface area contributed by atoms with Gasteiger partial charge in [0.25, 0.3) is 0 Å². The van der Waals surface area contributed by atoms with Crippen LogP contribution in [-0.4, -0.2) is 34.3 Å². The highest BCUT2D eigenvalue weighted by molar-refractivity contribution is 7.99. The monoisotopic (exact) mass is 452 g/mol. The van der Waals surface area contributed by atoms with E-state index < -0.39 is 12.2 Å². The van der Waals surface area contributed by atoms with Gasteiger partial charge in [-0.25, -0.2) is 4.79 Å². The molecule has 1 atom stereocenters. The largest absolute Gasteiger partial charge is 0.465 e. The van der Waals surface area contributed by atoms with Crippen molar-refractivity contribution in [3.05, 3.63) is 94.5 Å². The number of halogens is 1. The second-order valence-electron chi connectivity index (χ2n) is 6.93. The molecule has 1 amide bonds. The first kappa shape index (κ1) is 22.7. The van der Waals surface area contributed by atoms with Crippen LogP contribution < -0.4 is 0 Å². The van der Waals surface area contributed by atoms with Gasteiger partial charge in [0.05, 0.1) is 24.3 Å². The van der Waals surface area contributed by atoms with Gasteiger partial charge in [-0.15, -0.1) is 0 Å². The maximum atomic E-state index is 11.6. The number of benzene rings is 3. The van der Waals surface area contributed by atoms with E-state index in [1.807, 2.05) is 36.4 Å². The summed E-state index contributed by atoms with van der Waals surface area (Å²) in [6.07, 6.45) is -1.48. The number of nitrogens with zero attached hydrogens (tertiary/aromatic N) is 2. The molecule has 0 unspecified atom stereocenters. The molecule has 0 bridgehead atoms. The number of carbonyl (C=O) groups is 1. The van der Waals surface area contributed by atoms with E-state index in [1.54, 1.807) is 48.2 Å². The lowest BCUT2D eigenvalue weighted by atomic mass is 10.1. The molecular formula is C24H21ClN2O3S. The van der Waals surface area contributed by atoms with Crippen molar-refractivity contribution in [2.24, 2.45) is 0 Å². The van der Waals surface area contributed by atoms with Crippen molar-refractivity contribution < 1.29 is 15.0 Å². The number of carboxylic acid groups (broad SMARTS) is 1. The molecule has 0 aliphatic carbocycles. The Kier molecular flexibility index (Phi) is 7.96. The van der Waals surface area contributed by atoms with E-state index in [1.165, 1.54) is 4.90 Å². The molecule has 0 aromatic heterocycles. The van der Waals surface area contributed by atoms with Crippen LogP contribution in [-0.2, 0) is 6.42 Å². The van der Waals surface area contributed by atoms with Crippen molar-refractivity contribution >= 4 is 29.5 Å². The SMILES string of the molecule is N#Cc1ccc(Sc2ccc(CCN(C[C@H](O)c3cccc(Cl)c3)C(=O)O)cc2)cc1. The minimum atomic E-state index is -1.07. The van der Waals surface area contributed by atoms with Crippen LogP contribution >= 0.6 is 23.4 Å². The third-order valence-electron chi connectivity index (χ3n) is 4.71. The van der Waals surface area contributed by atoms with Gasteiger partial charge in [0, 0.05) is 21.4 Å². The first-order chi connectivity index (χ1) is 14.9. The molecule has 3 aromatic carbocycles. The van der Waals surface area contributed by atoms with Gasteiger partial charge < -0.3 is 15.1 Å². The van der Waals surface area contributed by atoms with E-state index >= 15 is 0 Å². The first-order valence-corrected chi connectivity index (χ1v) is 10.8. The third kappa shape index (κ3) is 6.76. The Bertz CT molecular complexity index is 1070. The van der Waals surface area contributed by atoms with Gasteiger partial charge in [0.2, 0.25) is 0 Å². The Morgan fingerprint density at radius 1 is 1.06 bits per heavy atom. The van der Waals surface area contributed by atoms with Crippen LogP contribution in [0, 0.1) is 11.3 Å². The average Bonchev–Trinajstić information content (AvgIpc) is 2.77. The molecule has 158 valence electrons. The summed E-state index contributed by atoms with van der Waals surface area (Å²) in [5.74, 6) is 0. The van der Waals surface area contributed by atoms with Crippen LogP contribution in [0.4, 0.5) is 4.79 Å². The summed E-state index contributed by atoms with van der Waals surface area (Å²) in [7, 11) is 0. The van der Waals surface area contributed by atoms with Crippen molar-refractivity contribution in [1.29, 1.82) is 5.26 Å². The molecule has 31 heavy (non-hydrogen) atoms. The Labute approximate surface area is 190 Å². The van der Waals surface area contributed by atoms with Crippen molar-refractivity contribution in [3.63, 3.8) is 0 Å². The van der Waals surface area contributed by atoms with Crippen molar-refractivity contribution in [3.8, 4) is 6.07 Å². The van der Waals surface area contributed by atoms with E-state index in [2.05, 4.69) is 6.07 Å². The topological polar surface area (TPSA) is 84.6 Å². The maximum absolute atomic E-state index is 11.6. The van der Waals surface area contributed by atoms with Crippen LogP contribution in [0.1, 0.15) is 22.8 Å². The fourth-order valence-corrected chi connectivity index (χ4v) is 4.03. The Morgan fingerprint density at radius 2 is 1.71 bits per heavy atom. The van der Waals surface area contributed by atoms with Gasteiger partial charge in [0.15, 0.2) is 0 Å². The number of hydrogen-bond donors (Lipinski definition) is 2. The smallest absolute Gasteiger partial charge is 0.407 e. The molecule has 0 aliphatic heterocycles. The molecule has 0 fully saturated rings. The van der Waals surface area contributed by atoms with Gasteiger partial charge >= 0.3 is 6.09 Å².